The number of nitrogens with one attached hydrogen (secondary N) is 1. The summed E-state index contributed by atoms with van der Waals surface area (Å²) in [4.78, 5) is 0.324. The van der Waals surface area contributed by atoms with Gasteiger partial charge >= 0.3 is 0 Å². The Bertz CT molecular complexity index is 629. The number of sulfonamides is 1. The zero-order valence-corrected chi connectivity index (χ0v) is 13.8. The maximum Gasteiger partial charge on any atom is 0.247 e. The summed E-state index contributed by atoms with van der Waals surface area (Å²) >= 11 is 0. The van der Waals surface area contributed by atoms with Crippen LogP contribution in [0.5, 0.6) is 0 Å². The molecule has 1 aliphatic carbocycles. The van der Waals surface area contributed by atoms with Crippen LogP contribution in [0.1, 0.15) is 51.1 Å². The van der Waals surface area contributed by atoms with Crippen LogP contribution in [0.25, 0.3) is 0 Å². The summed E-state index contributed by atoms with van der Waals surface area (Å²) in [6.45, 7) is 6.90. The van der Waals surface area contributed by atoms with Crippen LogP contribution in [0.2, 0.25) is 0 Å². The molecule has 0 aromatic carbocycles. The summed E-state index contributed by atoms with van der Waals surface area (Å²) in [5, 5.41) is 3.35. The van der Waals surface area contributed by atoms with Gasteiger partial charge in [0.2, 0.25) is 10.0 Å². The summed E-state index contributed by atoms with van der Waals surface area (Å²) < 4.78 is 33.0. The fourth-order valence-corrected chi connectivity index (χ4v) is 5.08. The van der Waals surface area contributed by atoms with Crippen molar-refractivity contribution in [1.82, 2.24) is 9.62 Å². The van der Waals surface area contributed by atoms with Crippen molar-refractivity contribution in [2.24, 2.45) is 0 Å². The van der Waals surface area contributed by atoms with Gasteiger partial charge in [-0.05, 0) is 46.5 Å². The predicted octanol–water partition coefficient (Wildman–Crippen LogP) is 2.40. The molecule has 0 unspecified atom stereocenters. The molecule has 1 aromatic heterocycles. The first-order valence-electron chi connectivity index (χ1n) is 7.66. The third-order valence-electron chi connectivity index (χ3n) is 4.46. The summed E-state index contributed by atoms with van der Waals surface area (Å²) in [5.41, 5.74) is -0.311. The van der Waals surface area contributed by atoms with E-state index in [1.54, 1.807) is 17.3 Å². The number of rotatable bonds is 5. The Morgan fingerprint density at radius 2 is 2.14 bits per heavy atom. The second-order valence-corrected chi connectivity index (χ2v) is 8.61. The monoisotopic (exact) mass is 312 g/mol. The van der Waals surface area contributed by atoms with E-state index in [-0.39, 0.29) is 5.54 Å². The van der Waals surface area contributed by atoms with Gasteiger partial charge in [-0.1, -0.05) is 0 Å². The molecule has 0 radical (unpaired) electrons. The van der Waals surface area contributed by atoms with Crippen molar-refractivity contribution in [2.45, 2.75) is 69.5 Å². The Morgan fingerprint density at radius 1 is 1.43 bits per heavy atom. The van der Waals surface area contributed by atoms with Crippen molar-refractivity contribution in [3.05, 3.63) is 17.6 Å². The van der Waals surface area contributed by atoms with E-state index in [0.717, 1.165) is 12.8 Å². The van der Waals surface area contributed by atoms with E-state index in [1.165, 1.54) is 12.8 Å². The number of nitrogens with zero attached hydrogens (tertiary/aromatic N) is 1. The Balaban J connectivity index is 1.84. The average molecular weight is 312 g/mol. The van der Waals surface area contributed by atoms with Gasteiger partial charge in [-0.2, -0.15) is 4.31 Å². The number of aryl methyl sites for hydroxylation is 1. The highest BCUT2D eigenvalue weighted by Crippen LogP contribution is 2.35. The first-order valence-corrected chi connectivity index (χ1v) is 9.10. The van der Waals surface area contributed by atoms with Crippen LogP contribution in [0.3, 0.4) is 0 Å². The van der Waals surface area contributed by atoms with E-state index in [4.69, 9.17) is 4.42 Å². The molecule has 1 aromatic rings. The maximum absolute atomic E-state index is 12.9. The lowest BCUT2D eigenvalue weighted by atomic mass is 10.0. The average Bonchev–Trinajstić information content (AvgIpc) is 3.03. The van der Waals surface area contributed by atoms with Crippen molar-refractivity contribution in [3.63, 3.8) is 0 Å². The van der Waals surface area contributed by atoms with Crippen LogP contribution in [0.15, 0.2) is 15.4 Å². The summed E-state index contributed by atoms with van der Waals surface area (Å²) in [6, 6.07) is 2.27. The Hall–Kier alpha value is -0.850. The summed E-state index contributed by atoms with van der Waals surface area (Å²) in [5.74, 6) is 1.19. The van der Waals surface area contributed by atoms with Crippen LogP contribution in [0.4, 0.5) is 0 Å². The van der Waals surface area contributed by atoms with E-state index < -0.39 is 10.0 Å². The first kappa shape index (κ1) is 15.1. The molecule has 21 heavy (non-hydrogen) atoms. The molecular formula is C15H24N2O3S. The molecular weight excluding hydrogens is 288 g/mol. The molecule has 2 aliphatic rings. The molecule has 1 aliphatic heterocycles. The van der Waals surface area contributed by atoms with Crippen LogP contribution < -0.4 is 5.32 Å². The third-order valence-corrected chi connectivity index (χ3v) is 6.68. The van der Waals surface area contributed by atoms with Crippen LogP contribution in [-0.2, 0) is 16.6 Å². The van der Waals surface area contributed by atoms with Crippen molar-refractivity contribution >= 4 is 10.0 Å². The third kappa shape index (κ3) is 2.89. The normalized spacial score (nSPS) is 22.8. The van der Waals surface area contributed by atoms with Crippen LogP contribution in [-0.4, -0.2) is 30.8 Å². The van der Waals surface area contributed by atoms with E-state index in [2.05, 4.69) is 5.32 Å². The molecule has 5 nitrogen and oxygen atoms in total. The van der Waals surface area contributed by atoms with E-state index >= 15 is 0 Å². The van der Waals surface area contributed by atoms with Gasteiger partial charge in [-0.15, -0.1) is 0 Å². The van der Waals surface area contributed by atoms with Crippen LogP contribution in [0, 0.1) is 6.92 Å². The molecule has 2 heterocycles. The van der Waals surface area contributed by atoms with Gasteiger partial charge in [0, 0.05) is 24.2 Å². The van der Waals surface area contributed by atoms with E-state index in [9.17, 15) is 8.42 Å². The minimum Gasteiger partial charge on any atom is -0.464 e. The van der Waals surface area contributed by atoms with Crippen molar-refractivity contribution < 1.29 is 12.8 Å². The fraction of sp³-hybridized carbons (Fsp3) is 0.733. The maximum atomic E-state index is 12.9. The quantitative estimate of drug-likeness (QED) is 0.907. The van der Waals surface area contributed by atoms with Crippen molar-refractivity contribution in [3.8, 4) is 0 Å². The Kier molecular flexibility index (Phi) is 3.66. The van der Waals surface area contributed by atoms with Gasteiger partial charge in [0.15, 0.2) is 0 Å². The zero-order valence-electron chi connectivity index (χ0n) is 13.0. The lowest BCUT2D eigenvalue weighted by molar-refractivity contribution is 0.291. The van der Waals surface area contributed by atoms with Crippen molar-refractivity contribution in [2.75, 3.05) is 6.54 Å². The van der Waals surface area contributed by atoms with E-state index in [1.807, 2.05) is 13.8 Å². The standard InChI is InChI=1S/C15H24N2O3S/c1-11-14(9-13(20-11)10-16-12-5-6-12)21(18,19)17-8-4-7-15(17,2)3/h9,12,16H,4-8,10H2,1-3H3. The lowest BCUT2D eigenvalue weighted by Crippen LogP contribution is -2.42. The minimum atomic E-state index is -3.47. The smallest absolute Gasteiger partial charge is 0.247 e. The van der Waals surface area contributed by atoms with Gasteiger partial charge in [0.05, 0.1) is 6.54 Å². The summed E-state index contributed by atoms with van der Waals surface area (Å²) in [7, 11) is -3.47. The van der Waals surface area contributed by atoms with Gasteiger partial charge < -0.3 is 9.73 Å². The topological polar surface area (TPSA) is 62.6 Å². The molecule has 0 amide bonds. The zero-order chi connectivity index (χ0) is 15.3. The molecule has 1 N–H and O–H groups in total. The second-order valence-electron chi connectivity index (χ2n) is 6.78. The van der Waals surface area contributed by atoms with Gasteiger partial charge in [0.1, 0.15) is 16.4 Å². The van der Waals surface area contributed by atoms with E-state index in [0.29, 0.717) is 35.5 Å². The van der Waals surface area contributed by atoms with Crippen molar-refractivity contribution in [1.29, 1.82) is 0 Å². The Morgan fingerprint density at radius 3 is 2.71 bits per heavy atom. The highest BCUT2D eigenvalue weighted by Gasteiger charge is 2.42. The first-order chi connectivity index (χ1) is 9.80. The van der Waals surface area contributed by atoms with Crippen LogP contribution >= 0.6 is 0 Å². The number of furan rings is 1. The summed E-state index contributed by atoms with van der Waals surface area (Å²) in [6.07, 6.45) is 4.22. The second kappa shape index (κ2) is 5.11. The highest BCUT2D eigenvalue weighted by atomic mass is 32.2. The molecule has 2 fully saturated rings. The molecule has 1 saturated carbocycles. The fourth-order valence-electron chi connectivity index (χ4n) is 3.05. The minimum absolute atomic E-state index is 0.311. The molecule has 0 atom stereocenters. The molecule has 0 spiro atoms. The molecule has 1 saturated heterocycles. The molecule has 0 bridgehead atoms. The van der Waals surface area contributed by atoms with Gasteiger partial charge in [-0.25, -0.2) is 8.42 Å². The molecule has 6 heteroatoms. The number of hydrogen-bond donors (Lipinski definition) is 1. The predicted molar refractivity (Wildman–Crippen MR) is 80.5 cm³/mol. The Labute approximate surface area is 126 Å². The lowest BCUT2D eigenvalue weighted by Gasteiger charge is -2.30. The van der Waals surface area contributed by atoms with Gasteiger partial charge in [-0.3, -0.25) is 0 Å². The van der Waals surface area contributed by atoms with Gasteiger partial charge in [0.25, 0.3) is 0 Å². The SMILES string of the molecule is Cc1oc(CNC2CC2)cc1S(=O)(=O)N1CCCC1(C)C. The molecule has 118 valence electrons. The highest BCUT2D eigenvalue weighted by molar-refractivity contribution is 7.89. The largest absolute Gasteiger partial charge is 0.464 e. The number of hydrogen-bond acceptors (Lipinski definition) is 4. The molecule has 3 rings (SSSR count).